The van der Waals surface area contributed by atoms with Gasteiger partial charge in [0.15, 0.2) is 0 Å². The van der Waals surface area contributed by atoms with Gasteiger partial charge in [-0.3, -0.25) is 10.2 Å². The van der Waals surface area contributed by atoms with Crippen LogP contribution < -0.4 is 5.32 Å². The van der Waals surface area contributed by atoms with E-state index in [9.17, 15) is 4.79 Å². The molecular weight excluding hydrogens is 324 g/mol. The van der Waals surface area contributed by atoms with Crippen molar-refractivity contribution in [3.8, 4) is 0 Å². The lowest BCUT2D eigenvalue weighted by Gasteiger charge is -2.40. The number of ether oxygens (including phenoxy) is 4. The third kappa shape index (κ3) is 7.20. The second-order valence-corrected chi connectivity index (χ2v) is 6.37. The molecule has 0 saturated heterocycles. The van der Waals surface area contributed by atoms with Crippen LogP contribution in [0, 0.1) is 11.3 Å². The Kier molecular flexibility index (Phi) is 10.5. The van der Waals surface area contributed by atoms with Crippen LogP contribution in [0.4, 0.5) is 0 Å². The average molecular weight is 358 g/mol. The van der Waals surface area contributed by atoms with Crippen LogP contribution in [0.1, 0.15) is 52.4 Å². The number of esters is 1. The van der Waals surface area contributed by atoms with Crippen molar-refractivity contribution in [3.05, 3.63) is 0 Å². The van der Waals surface area contributed by atoms with Gasteiger partial charge in [0.25, 0.3) is 6.02 Å². The first kappa shape index (κ1) is 21.7. The average Bonchev–Trinajstić information content (AvgIpc) is 2.62. The maximum absolute atomic E-state index is 12.3. The molecule has 0 aliphatic heterocycles. The SMILES string of the molecule is CCCCO[C@@H]1[C@@H](C(=O)OC)C[C@H](OC(=N)NC)C[C@H]1OCCCC. The van der Waals surface area contributed by atoms with Gasteiger partial charge in [0, 0.05) is 33.1 Å². The van der Waals surface area contributed by atoms with Gasteiger partial charge in [0.2, 0.25) is 0 Å². The highest BCUT2D eigenvalue weighted by Gasteiger charge is 2.44. The van der Waals surface area contributed by atoms with E-state index < -0.39 is 5.92 Å². The summed E-state index contributed by atoms with van der Waals surface area (Å²) in [4.78, 5) is 12.3. The molecule has 0 spiro atoms. The fourth-order valence-electron chi connectivity index (χ4n) is 3.00. The molecule has 1 aliphatic rings. The van der Waals surface area contributed by atoms with Crippen LogP contribution in [0.15, 0.2) is 0 Å². The van der Waals surface area contributed by atoms with E-state index in [1.165, 1.54) is 7.11 Å². The molecule has 1 saturated carbocycles. The number of carbonyl (C=O) groups is 1. The molecule has 1 aliphatic carbocycles. The van der Waals surface area contributed by atoms with E-state index in [1.54, 1.807) is 7.05 Å². The summed E-state index contributed by atoms with van der Waals surface area (Å²) in [6.07, 6.45) is 4.17. The Hall–Kier alpha value is -1.34. The first-order chi connectivity index (χ1) is 12.1. The molecule has 146 valence electrons. The monoisotopic (exact) mass is 358 g/mol. The molecule has 7 nitrogen and oxygen atoms in total. The lowest BCUT2D eigenvalue weighted by atomic mass is 9.82. The summed E-state index contributed by atoms with van der Waals surface area (Å²) in [6, 6.07) is -0.00808. The number of hydrogen-bond donors (Lipinski definition) is 2. The molecule has 0 unspecified atom stereocenters. The van der Waals surface area contributed by atoms with Gasteiger partial charge in [-0.1, -0.05) is 26.7 Å². The van der Waals surface area contributed by atoms with E-state index in [-0.39, 0.29) is 30.3 Å². The maximum atomic E-state index is 12.3. The van der Waals surface area contributed by atoms with Crippen molar-refractivity contribution >= 4 is 12.0 Å². The summed E-state index contributed by atoms with van der Waals surface area (Å²) in [5.74, 6) is -0.758. The molecular formula is C18H34N2O5. The second kappa shape index (κ2) is 12.1. The number of unbranched alkanes of at least 4 members (excludes halogenated alkanes) is 2. The highest BCUT2D eigenvalue weighted by Crippen LogP contribution is 2.32. The summed E-state index contributed by atoms with van der Waals surface area (Å²) < 4.78 is 22.6. The molecule has 1 rings (SSSR count). The number of carbonyl (C=O) groups excluding carboxylic acids is 1. The summed E-state index contributed by atoms with van der Waals surface area (Å²) in [5, 5.41) is 10.4. The minimum Gasteiger partial charge on any atom is -0.469 e. The van der Waals surface area contributed by atoms with Crippen molar-refractivity contribution < 1.29 is 23.7 Å². The van der Waals surface area contributed by atoms with E-state index in [1.807, 2.05) is 0 Å². The van der Waals surface area contributed by atoms with E-state index >= 15 is 0 Å². The minimum absolute atomic E-state index is 0.00808. The van der Waals surface area contributed by atoms with Crippen LogP contribution >= 0.6 is 0 Å². The number of hydrogen-bond acceptors (Lipinski definition) is 6. The fraction of sp³-hybridized carbons (Fsp3) is 0.889. The van der Waals surface area contributed by atoms with Gasteiger partial charge < -0.3 is 24.3 Å². The molecule has 7 heteroatoms. The number of rotatable bonds is 10. The first-order valence-electron chi connectivity index (χ1n) is 9.31. The molecule has 0 amide bonds. The third-order valence-corrected chi connectivity index (χ3v) is 4.43. The Bertz CT molecular complexity index is 405. The number of nitrogens with one attached hydrogen (secondary N) is 2. The molecule has 0 heterocycles. The van der Waals surface area contributed by atoms with Gasteiger partial charge in [-0.05, 0) is 12.8 Å². The van der Waals surface area contributed by atoms with Crippen LogP contribution in [0.2, 0.25) is 0 Å². The fourth-order valence-corrected chi connectivity index (χ4v) is 3.00. The standard InChI is InChI=1S/C18H34N2O5/c1-5-7-9-23-15-12-13(25-18(19)20-3)11-14(17(21)22-4)16(15)24-10-8-6-2/h13-16H,5-12H2,1-4H3,(H2,19,20)/t13-,14-,15+,16+/m0/s1. The summed E-state index contributed by atoms with van der Waals surface area (Å²) in [6.45, 7) is 5.43. The Morgan fingerprint density at radius 2 is 1.76 bits per heavy atom. The van der Waals surface area contributed by atoms with Gasteiger partial charge in [-0.25, -0.2) is 0 Å². The molecule has 0 aromatic rings. The van der Waals surface area contributed by atoms with Crippen molar-refractivity contribution in [1.82, 2.24) is 5.32 Å². The van der Waals surface area contributed by atoms with Crippen molar-refractivity contribution in [2.45, 2.75) is 70.7 Å². The predicted octanol–water partition coefficient (Wildman–Crippen LogP) is 2.48. The first-order valence-corrected chi connectivity index (χ1v) is 9.31. The zero-order chi connectivity index (χ0) is 18.7. The Morgan fingerprint density at radius 3 is 2.32 bits per heavy atom. The Morgan fingerprint density at radius 1 is 1.12 bits per heavy atom. The molecule has 25 heavy (non-hydrogen) atoms. The Balaban J connectivity index is 2.87. The van der Waals surface area contributed by atoms with Gasteiger partial charge in [-0.2, -0.15) is 0 Å². The van der Waals surface area contributed by atoms with Gasteiger partial charge in [0.1, 0.15) is 6.10 Å². The van der Waals surface area contributed by atoms with Crippen LogP contribution in [-0.2, 0) is 23.7 Å². The van der Waals surface area contributed by atoms with E-state index in [4.69, 9.17) is 24.4 Å². The predicted molar refractivity (Wildman–Crippen MR) is 95.7 cm³/mol. The van der Waals surface area contributed by atoms with E-state index in [0.717, 1.165) is 25.7 Å². The zero-order valence-electron chi connectivity index (χ0n) is 16.0. The summed E-state index contributed by atoms with van der Waals surface area (Å²) >= 11 is 0. The summed E-state index contributed by atoms with van der Waals surface area (Å²) in [5.41, 5.74) is 0. The highest BCUT2D eigenvalue weighted by molar-refractivity contribution is 5.73. The van der Waals surface area contributed by atoms with Crippen LogP contribution in [-0.4, -0.2) is 57.7 Å². The topological polar surface area (TPSA) is 89.9 Å². The van der Waals surface area contributed by atoms with Gasteiger partial charge in [0.05, 0.1) is 25.2 Å². The van der Waals surface area contributed by atoms with E-state index in [2.05, 4.69) is 19.2 Å². The quantitative estimate of drug-likeness (QED) is 0.270. The van der Waals surface area contributed by atoms with Crippen LogP contribution in [0.3, 0.4) is 0 Å². The largest absolute Gasteiger partial charge is 0.469 e. The molecule has 4 atom stereocenters. The third-order valence-electron chi connectivity index (χ3n) is 4.43. The van der Waals surface area contributed by atoms with Gasteiger partial charge >= 0.3 is 5.97 Å². The smallest absolute Gasteiger partial charge is 0.311 e. The van der Waals surface area contributed by atoms with Crippen LogP contribution in [0.25, 0.3) is 0 Å². The number of methoxy groups -OCH3 is 1. The molecule has 0 bridgehead atoms. The second-order valence-electron chi connectivity index (χ2n) is 6.37. The maximum Gasteiger partial charge on any atom is 0.311 e. The molecule has 0 radical (unpaired) electrons. The molecule has 0 aromatic heterocycles. The van der Waals surface area contributed by atoms with Crippen molar-refractivity contribution in [2.75, 3.05) is 27.4 Å². The molecule has 2 N–H and O–H groups in total. The van der Waals surface area contributed by atoms with Crippen LogP contribution in [0.5, 0.6) is 0 Å². The zero-order valence-corrected chi connectivity index (χ0v) is 16.0. The normalized spacial score (nSPS) is 26.1. The van der Waals surface area contributed by atoms with Gasteiger partial charge in [-0.15, -0.1) is 0 Å². The van der Waals surface area contributed by atoms with Crippen molar-refractivity contribution in [3.63, 3.8) is 0 Å². The highest BCUT2D eigenvalue weighted by atomic mass is 16.6. The van der Waals surface area contributed by atoms with Crippen molar-refractivity contribution in [1.29, 1.82) is 5.41 Å². The Labute approximate surface area is 151 Å². The summed E-state index contributed by atoms with van der Waals surface area (Å²) in [7, 11) is 3.02. The van der Waals surface area contributed by atoms with E-state index in [0.29, 0.717) is 26.1 Å². The lowest BCUT2D eigenvalue weighted by molar-refractivity contribution is -0.173. The van der Waals surface area contributed by atoms with Crippen molar-refractivity contribution in [2.24, 2.45) is 5.92 Å². The number of amidine groups is 1. The lowest BCUT2D eigenvalue weighted by Crippen LogP contribution is -2.50. The molecule has 1 fully saturated rings. The molecule has 0 aromatic carbocycles. The minimum atomic E-state index is -0.447.